The number of rotatable bonds is 8. The van der Waals surface area contributed by atoms with Crippen molar-refractivity contribution in [3.05, 3.63) is 59.4 Å². The molecule has 0 radical (unpaired) electrons. The van der Waals surface area contributed by atoms with Crippen LogP contribution in [0.5, 0.6) is 0 Å². The molecule has 0 fully saturated rings. The standard InChI is InChI=1S/C19H19ClN2O6S/c1-12(2)18(22-29(24,25)15-6-3-5-13(20)9-15)19(23)27-11-14-10-17(28-21-14)16-7-4-8-26-16/h3-10,12,18,22H,11H2,1-2H3/t18-/m0/s1. The topological polar surface area (TPSA) is 112 Å². The third-order valence-corrected chi connectivity index (χ3v) is 5.67. The van der Waals surface area contributed by atoms with E-state index in [4.69, 9.17) is 25.3 Å². The predicted molar refractivity (Wildman–Crippen MR) is 104 cm³/mol. The van der Waals surface area contributed by atoms with Crippen molar-refractivity contribution in [3.8, 4) is 11.5 Å². The molecule has 154 valence electrons. The van der Waals surface area contributed by atoms with Gasteiger partial charge in [-0.3, -0.25) is 4.79 Å². The number of nitrogens with one attached hydrogen (secondary N) is 1. The third kappa shape index (κ3) is 5.26. The van der Waals surface area contributed by atoms with Gasteiger partial charge in [0.1, 0.15) is 18.3 Å². The molecule has 1 aromatic carbocycles. The van der Waals surface area contributed by atoms with Crippen molar-refractivity contribution in [2.45, 2.75) is 31.4 Å². The lowest BCUT2D eigenvalue weighted by Gasteiger charge is -2.20. The Morgan fingerprint density at radius 2 is 2.00 bits per heavy atom. The van der Waals surface area contributed by atoms with E-state index in [0.29, 0.717) is 17.2 Å². The van der Waals surface area contributed by atoms with Crippen molar-refractivity contribution < 1.29 is 26.9 Å². The van der Waals surface area contributed by atoms with Crippen LogP contribution in [0.25, 0.3) is 11.5 Å². The first-order valence-corrected chi connectivity index (χ1v) is 10.6. The fraction of sp³-hybridized carbons (Fsp3) is 0.263. The number of carbonyl (C=O) groups excluding carboxylic acids is 1. The summed E-state index contributed by atoms with van der Waals surface area (Å²) in [7, 11) is -3.96. The second-order valence-electron chi connectivity index (χ2n) is 6.57. The van der Waals surface area contributed by atoms with Gasteiger partial charge in [-0.25, -0.2) is 8.42 Å². The molecule has 1 atom stereocenters. The fourth-order valence-corrected chi connectivity index (χ4v) is 4.11. The summed E-state index contributed by atoms with van der Waals surface area (Å²) in [6.45, 7) is 3.24. The fourth-order valence-electron chi connectivity index (χ4n) is 2.48. The lowest BCUT2D eigenvalue weighted by Crippen LogP contribution is -2.45. The van der Waals surface area contributed by atoms with Crippen molar-refractivity contribution in [2.24, 2.45) is 5.92 Å². The van der Waals surface area contributed by atoms with Gasteiger partial charge in [0.2, 0.25) is 15.8 Å². The minimum absolute atomic E-state index is 0.0389. The van der Waals surface area contributed by atoms with Crippen molar-refractivity contribution in [1.29, 1.82) is 0 Å². The molecule has 3 aromatic rings. The second-order valence-corrected chi connectivity index (χ2v) is 8.72. The monoisotopic (exact) mass is 438 g/mol. The van der Waals surface area contributed by atoms with Crippen molar-refractivity contribution in [3.63, 3.8) is 0 Å². The molecule has 2 aromatic heterocycles. The quantitative estimate of drug-likeness (QED) is 0.534. The Hall–Kier alpha value is -2.62. The average molecular weight is 439 g/mol. The molecule has 3 rings (SSSR count). The highest BCUT2D eigenvalue weighted by molar-refractivity contribution is 7.89. The highest BCUT2D eigenvalue weighted by Gasteiger charge is 2.30. The summed E-state index contributed by atoms with van der Waals surface area (Å²) in [6, 6.07) is 9.67. The van der Waals surface area contributed by atoms with Gasteiger partial charge in [-0.1, -0.05) is 36.7 Å². The SMILES string of the molecule is CC(C)[C@H](NS(=O)(=O)c1cccc(Cl)c1)C(=O)OCc1cc(-c2ccco2)on1. The van der Waals surface area contributed by atoms with Crippen molar-refractivity contribution in [2.75, 3.05) is 0 Å². The summed E-state index contributed by atoms with van der Waals surface area (Å²) in [5, 5.41) is 4.09. The Morgan fingerprint density at radius 3 is 2.66 bits per heavy atom. The molecule has 0 amide bonds. The van der Waals surface area contributed by atoms with E-state index in [1.165, 1.54) is 24.5 Å². The van der Waals surface area contributed by atoms with Crippen LogP contribution in [0.4, 0.5) is 0 Å². The van der Waals surface area contributed by atoms with Gasteiger partial charge in [-0.15, -0.1) is 0 Å². The molecular formula is C19H19ClN2O6S. The number of halogens is 1. The largest absolute Gasteiger partial charge is 0.461 e. The van der Waals surface area contributed by atoms with Crippen molar-refractivity contribution in [1.82, 2.24) is 9.88 Å². The van der Waals surface area contributed by atoms with Gasteiger partial charge in [0.25, 0.3) is 0 Å². The normalized spacial score (nSPS) is 12.8. The van der Waals surface area contributed by atoms with Crippen LogP contribution >= 0.6 is 11.6 Å². The molecule has 0 saturated carbocycles. The Labute approximate surface area is 172 Å². The number of carbonyl (C=O) groups is 1. The highest BCUT2D eigenvalue weighted by Crippen LogP contribution is 2.21. The predicted octanol–water partition coefficient (Wildman–Crippen LogP) is 3.63. The van der Waals surface area contributed by atoms with Crippen molar-refractivity contribution >= 4 is 27.6 Å². The first kappa shape index (κ1) is 21.1. The van der Waals surface area contributed by atoms with Gasteiger partial charge in [-0.05, 0) is 36.2 Å². The van der Waals surface area contributed by atoms with Gasteiger partial charge in [0, 0.05) is 11.1 Å². The van der Waals surface area contributed by atoms with Gasteiger partial charge >= 0.3 is 5.97 Å². The maximum atomic E-state index is 12.6. The number of furan rings is 1. The summed E-state index contributed by atoms with van der Waals surface area (Å²) in [5.74, 6) is -0.201. The maximum absolute atomic E-state index is 12.6. The van der Waals surface area contributed by atoms with Crippen LogP contribution in [-0.4, -0.2) is 25.6 Å². The van der Waals surface area contributed by atoms with E-state index >= 15 is 0 Å². The Morgan fingerprint density at radius 1 is 1.21 bits per heavy atom. The zero-order valence-corrected chi connectivity index (χ0v) is 17.2. The lowest BCUT2D eigenvalue weighted by molar-refractivity contribution is -0.148. The molecule has 0 aliphatic carbocycles. The summed E-state index contributed by atoms with van der Waals surface area (Å²) in [6.07, 6.45) is 1.50. The molecule has 10 heteroatoms. The average Bonchev–Trinajstić information content (AvgIpc) is 3.35. The molecule has 0 bridgehead atoms. The number of esters is 1. The molecule has 0 aliphatic rings. The van der Waals surface area contributed by atoms with Gasteiger partial charge in [0.05, 0.1) is 11.2 Å². The van der Waals surface area contributed by atoms with E-state index in [1.807, 2.05) is 0 Å². The van der Waals surface area contributed by atoms with Crippen LogP contribution in [0.2, 0.25) is 5.02 Å². The number of ether oxygens (including phenoxy) is 1. The number of sulfonamides is 1. The zero-order chi connectivity index (χ0) is 21.0. The minimum Gasteiger partial charge on any atom is -0.461 e. The van der Waals surface area contributed by atoms with Crippen LogP contribution < -0.4 is 4.72 Å². The molecule has 1 N–H and O–H groups in total. The maximum Gasteiger partial charge on any atom is 0.324 e. The summed E-state index contributed by atoms with van der Waals surface area (Å²) in [5.41, 5.74) is 0.366. The third-order valence-electron chi connectivity index (χ3n) is 3.99. The molecule has 8 nitrogen and oxygen atoms in total. The van der Waals surface area contributed by atoms with E-state index in [-0.39, 0.29) is 22.4 Å². The second kappa shape index (κ2) is 8.81. The highest BCUT2D eigenvalue weighted by atomic mass is 35.5. The lowest BCUT2D eigenvalue weighted by atomic mass is 10.1. The first-order valence-electron chi connectivity index (χ1n) is 8.70. The molecule has 0 saturated heterocycles. The number of nitrogens with zero attached hydrogens (tertiary/aromatic N) is 1. The number of hydrogen-bond donors (Lipinski definition) is 1. The van der Waals surface area contributed by atoms with Crippen LogP contribution in [0, 0.1) is 5.92 Å². The molecule has 0 spiro atoms. The Balaban J connectivity index is 1.67. The first-order chi connectivity index (χ1) is 13.8. The zero-order valence-electron chi connectivity index (χ0n) is 15.7. The molecular weight excluding hydrogens is 420 g/mol. The van der Waals surface area contributed by atoms with E-state index < -0.39 is 22.0 Å². The molecule has 29 heavy (non-hydrogen) atoms. The van der Waals surface area contributed by atoms with Crippen LogP contribution in [0.1, 0.15) is 19.5 Å². The van der Waals surface area contributed by atoms with E-state index in [0.717, 1.165) is 0 Å². The number of benzene rings is 1. The van der Waals surface area contributed by atoms with E-state index in [9.17, 15) is 13.2 Å². The van der Waals surface area contributed by atoms with Crippen LogP contribution in [0.15, 0.2) is 62.6 Å². The van der Waals surface area contributed by atoms with E-state index in [2.05, 4.69) is 9.88 Å². The Kier molecular flexibility index (Phi) is 6.41. The minimum atomic E-state index is -3.96. The smallest absolute Gasteiger partial charge is 0.324 e. The Bertz CT molecular complexity index is 1080. The molecule has 0 aliphatic heterocycles. The molecule has 2 heterocycles. The van der Waals surface area contributed by atoms with Gasteiger partial charge in [-0.2, -0.15) is 4.72 Å². The molecule has 0 unspecified atom stereocenters. The number of hydrogen-bond acceptors (Lipinski definition) is 7. The van der Waals surface area contributed by atoms with Gasteiger partial charge < -0.3 is 13.7 Å². The van der Waals surface area contributed by atoms with Crippen LogP contribution in [0.3, 0.4) is 0 Å². The van der Waals surface area contributed by atoms with Gasteiger partial charge in [0.15, 0.2) is 5.76 Å². The summed E-state index contributed by atoms with van der Waals surface area (Å²) in [4.78, 5) is 12.5. The number of aromatic nitrogens is 1. The summed E-state index contributed by atoms with van der Waals surface area (Å²) >= 11 is 5.86. The van der Waals surface area contributed by atoms with E-state index in [1.54, 1.807) is 38.1 Å². The van der Waals surface area contributed by atoms with Crippen LogP contribution in [-0.2, 0) is 26.2 Å². The summed E-state index contributed by atoms with van der Waals surface area (Å²) < 4.78 is 43.2.